The van der Waals surface area contributed by atoms with E-state index in [0.717, 1.165) is 5.92 Å². The maximum Gasteiger partial charge on any atom is -0.0131 e. The van der Waals surface area contributed by atoms with E-state index >= 15 is 0 Å². The molecule has 0 unspecified atom stereocenters. The van der Waals surface area contributed by atoms with E-state index in [1.165, 1.54) is 64.2 Å². The van der Waals surface area contributed by atoms with Crippen molar-refractivity contribution in [2.24, 2.45) is 5.92 Å². The average molecular weight is 320 g/mol. The molecule has 0 aromatic rings. The van der Waals surface area contributed by atoms with Crippen molar-refractivity contribution in [3.05, 3.63) is 9.66 Å². The first kappa shape index (κ1) is 13.5. The van der Waals surface area contributed by atoms with Crippen molar-refractivity contribution in [3.8, 4) is 0 Å². The molecule has 0 aliphatic heterocycles. The SMILES string of the molecule is CCCCCC/C(I)=C\C1CCCCC1. The summed E-state index contributed by atoms with van der Waals surface area (Å²) >= 11 is 2.56. The van der Waals surface area contributed by atoms with E-state index in [1.54, 1.807) is 3.58 Å². The smallest absolute Gasteiger partial charge is 0.0131 e. The van der Waals surface area contributed by atoms with Gasteiger partial charge in [0.15, 0.2) is 0 Å². The number of allylic oxidation sites excluding steroid dienone is 2. The van der Waals surface area contributed by atoms with E-state index in [9.17, 15) is 0 Å². The third-order valence-corrected chi connectivity index (χ3v) is 4.23. The molecule has 1 rings (SSSR count). The molecule has 0 saturated heterocycles. The molecule has 0 nitrogen and oxygen atoms in total. The fourth-order valence-corrected chi connectivity index (χ4v) is 3.25. The minimum Gasteiger partial charge on any atom is -0.0721 e. The molecule has 0 radical (unpaired) electrons. The third kappa shape index (κ3) is 6.60. The molecule has 0 atom stereocenters. The van der Waals surface area contributed by atoms with Crippen LogP contribution in [0.4, 0.5) is 0 Å². The van der Waals surface area contributed by atoms with Crippen molar-refractivity contribution in [2.75, 3.05) is 0 Å². The Morgan fingerprint density at radius 2 is 1.87 bits per heavy atom. The summed E-state index contributed by atoms with van der Waals surface area (Å²) in [5.41, 5.74) is 0. The Balaban J connectivity index is 2.13. The lowest BCUT2D eigenvalue weighted by atomic mass is 9.89. The molecule has 1 aliphatic carbocycles. The van der Waals surface area contributed by atoms with Crippen LogP contribution in [0.5, 0.6) is 0 Å². The second kappa shape index (κ2) is 8.60. The van der Waals surface area contributed by atoms with Gasteiger partial charge >= 0.3 is 0 Å². The molecular formula is C14H25I. The van der Waals surface area contributed by atoms with Gasteiger partial charge in [0.1, 0.15) is 0 Å². The van der Waals surface area contributed by atoms with Crippen molar-refractivity contribution < 1.29 is 0 Å². The monoisotopic (exact) mass is 320 g/mol. The highest BCUT2D eigenvalue weighted by Gasteiger charge is 2.10. The molecule has 0 heterocycles. The Morgan fingerprint density at radius 1 is 1.13 bits per heavy atom. The van der Waals surface area contributed by atoms with Crippen LogP contribution in [-0.4, -0.2) is 0 Å². The van der Waals surface area contributed by atoms with Crippen molar-refractivity contribution in [2.45, 2.75) is 71.1 Å². The summed E-state index contributed by atoms with van der Waals surface area (Å²) in [6.07, 6.45) is 16.7. The number of halogens is 1. The minimum atomic E-state index is 0.914. The number of hydrogen-bond acceptors (Lipinski definition) is 0. The molecule has 0 spiro atoms. The molecular weight excluding hydrogens is 295 g/mol. The van der Waals surface area contributed by atoms with E-state index in [0.29, 0.717) is 0 Å². The van der Waals surface area contributed by atoms with E-state index in [2.05, 4.69) is 35.6 Å². The summed E-state index contributed by atoms with van der Waals surface area (Å²) < 4.78 is 1.62. The lowest BCUT2D eigenvalue weighted by Gasteiger charge is -2.18. The zero-order chi connectivity index (χ0) is 10.9. The summed E-state index contributed by atoms with van der Waals surface area (Å²) in [5, 5.41) is 0. The molecule has 1 fully saturated rings. The van der Waals surface area contributed by atoms with Crippen LogP contribution in [0.25, 0.3) is 0 Å². The van der Waals surface area contributed by atoms with Gasteiger partial charge in [0.05, 0.1) is 0 Å². The standard InChI is InChI=1S/C14H25I/c1-2-3-4-8-11-14(15)12-13-9-6-5-7-10-13/h12-13H,2-11H2,1H3/b14-12+. The summed E-state index contributed by atoms with van der Waals surface area (Å²) in [7, 11) is 0. The molecule has 0 aromatic heterocycles. The molecule has 0 aromatic carbocycles. The Morgan fingerprint density at radius 3 is 2.53 bits per heavy atom. The molecule has 0 amide bonds. The lowest BCUT2D eigenvalue weighted by molar-refractivity contribution is 0.418. The van der Waals surface area contributed by atoms with Crippen molar-refractivity contribution in [3.63, 3.8) is 0 Å². The second-order valence-electron chi connectivity index (χ2n) is 4.82. The fourth-order valence-electron chi connectivity index (χ4n) is 2.36. The van der Waals surface area contributed by atoms with Gasteiger partial charge in [-0.1, -0.05) is 51.5 Å². The van der Waals surface area contributed by atoms with Crippen LogP contribution in [0.3, 0.4) is 0 Å². The van der Waals surface area contributed by atoms with Crippen molar-refractivity contribution >= 4 is 22.6 Å². The summed E-state index contributed by atoms with van der Waals surface area (Å²) in [5.74, 6) is 0.914. The largest absolute Gasteiger partial charge is 0.0721 e. The summed E-state index contributed by atoms with van der Waals surface area (Å²) in [6, 6.07) is 0. The van der Waals surface area contributed by atoms with Gasteiger partial charge in [-0.25, -0.2) is 0 Å². The van der Waals surface area contributed by atoms with Crippen LogP contribution in [0.15, 0.2) is 9.66 Å². The van der Waals surface area contributed by atoms with Gasteiger partial charge in [0, 0.05) is 0 Å². The van der Waals surface area contributed by atoms with E-state index < -0.39 is 0 Å². The maximum atomic E-state index is 2.56. The van der Waals surface area contributed by atoms with Crippen LogP contribution < -0.4 is 0 Å². The van der Waals surface area contributed by atoms with Crippen LogP contribution in [0, 0.1) is 5.92 Å². The molecule has 1 heteroatoms. The summed E-state index contributed by atoms with van der Waals surface area (Å²) in [4.78, 5) is 0. The number of rotatable bonds is 6. The Bertz CT molecular complexity index is 178. The molecule has 1 saturated carbocycles. The van der Waals surface area contributed by atoms with Gasteiger partial charge < -0.3 is 0 Å². The number of unbranched alkanes of at least 4 members (excludes halogenated alkanes) is 3. The van der Waals surface area contributed by atoms with Crippen LogP contribution in [0.2, 0.25) is 0 Å². The zero-order valence-corrected chi connectivity index (χ0v) is 12.3. The highest BCUT2D eigenvalue weighted by molar-refractivity contribution is 14.1. The first-order chi connectivity index (χ1) is 7.33. The summed E-state index contributed by atoms with van der Waals surface area (Å²) in [6.45, 7) is 2.28. The molecule has 0 N–H and O–H groups in total. The predicted octanol–water partition coefficient (Wildman–Crippen LogP) is 5.86. The van der Waals surface area contributed by atoms with Crippen LogP contribution >= 0.6 is 22.6 Å². The number of hydrogen-bond donors (Lipinski definition) is 0. The van der Waals surface area contributed by atoms with Gasteiger partial charge in [0.2, 0.25) is 0 Å². The van der Waals surface area contributed by atoms with Crippen molar-refractivity contribution in [1.82, 2.24) is 0 Å². The van der Waals surface area contributed by atoms with Crippen LogP contribution in [-0.2, 0) is 0 Å². The minimum absolute atomic E-state index is 0.914. The average Bonchev–Trinajstić information content (AvgIpc) is 2.26. The van der Waals surface area contributed by atoms with Gasteiger partial charge in [-0.15, -0.1) is 0 Å². The van der Waals surface area contributed by atoms with E-state index in [-0.39, 0.29) is 0 Å². The predicted molar refractivity (Wildman–Crippen MR) is 77.4 cm³/mol. The van der Waals surface area contributed by atoms with Gasteiger partial charge in [-0.05, 0) is 57.8 Å². The molecule has 88 valence electrons. The first-order valence-electron chi connectivity index (χ1n) is 6.69. The van der Waals surface area contributed by atoms with Gasteiger partial charge in [-0.3, -0.25) is 0 Å². The quantitative estimate of drug-likeness (QED) is 0.425. The van der Waals surface area contributed by atoms with Crippen molar-refractivity contribution in [1.29, 1.82) is 0 Å². The second-order valence-corrected chi connectivity index (χ2v) is 6.21. The highest BCUT2D eigenvalue weighted by Crippen LogP contribution is 2.28. The fraction of sp³-hybridized carbons (Fsp3) is 0.857. The van der Waals surface area contributed by atoms with Gasteiger partial charge in [0.25, 0.3) is 0 Å². The van der Waals surface area contributed by atoms with Gasteiger partial charge in [-0.2, -0.15) is 0 Å². The Hall–Kier alpha value is 0.470. The normalized spacial score (nSPS) is 19.5. The third-order valence-electron chi connectivity index (χ3n) is 3.34. The molecule has 1 aliphatic rings. The lowest BCUT2D eigenvalue weighted by Crippen LogP contribution is -2.03. The highest BCUT2D eigenvalue weighted by atomic mass is 127. The molecule has 0 bridgehead atoms. The topological polar surface area (TPSA) is 0 Å². The molecule has 15 heavy (non-hydrogen) atoms. The first-order valence-corrected chi connectivity index (χ1v) is 7.77. The van der Waals surface area contributed by atoms with E-state index in [4.69, 9.17) is 0 Å². The van der Waals surface area contributed by atoms with Crippen LogP contribution in [0.1, 0.15) is 71.1 Å². The Labute approximate surface area is 109 Å². The maximum absolute atomic E-state index is 2.56. The van der Waals surface area contributed by atoms with E-state index in [1.807, 2.05) is 0 Å². The Kier molecular flexibility index (Phi) is 7.76. The zero-order valence-electron chi connectivity index (χ0n) is 10.1.